The average Bonchev–Trinajstić information content (AvgIpc) is 3.07. The van der Waals surface area contributed by atoms with E-state index in [0.29, 0.717) is 24.9 Å². The number of H-pyrrole nitrogens is 1. The van der Waals surface area contributed by atoms with Crippen molar-refractivity contribution in [1.82, 2.24) is 15.0 Å². The molecule has 3 aromatic rings. The molecule has 0 aliphatic heterocycles. The summed E-state index contributed by atoms with van der Waals surface area (Å²) < 4.78 is 5.71. The summed E-state index contributed by atoms with van der Waals surface area (Å²) in [6.07, 6.45) is 4.04. The number of aliphatic imine (C=N–C) groups is 2. The molecule has 29 heavy (non-hydrogen) atoms. The van der Waals surface area contributed by atoms with Crippen LogP contribution in [0.3, 0.4) is 0 Å². The van der Waals surface area contributed by atoms with Crippen LogP contribution in [0.25, 0.3) is 22.3 Å². The molecule has 8 heteroatoms. The Bertz CT molecular complexity index is 1050. The maximum Gasteiger partial charge on any atom is 0.222 e. The highest BCUT2D eigenvalue weighted by atomic mass is 16.5. The van der Waals surface area contributed by atoms with Gasteiger partial charge in [0.1, 0.15) is 12.2 Å². The summed E-state index contributed by atoms with van der Waals surface area (Å²) in [5, 5.41) is 3.37. The van der Waals surface area contributed by atoms with Crippen LogP contribution in [0.4, 0.5) is 5.69 Å². The van der Waals surface area contributed by atoms with Gasteiger partial charge < -0.3 is 20.8 Å². The molecule has 3 heterocycles. The van der Waals surface area contributed by atoms with E-state index in [1.54, 1.807) is 13.2 Å². The first kappa shape index (κ1) is 20.3. The van der Waals surface area contributed by atoms with Crippen molar-refractivity contribution in [2.45, 2.75) is 27.2 Å². The molecule has 0 radical (unpaired) electrons. The summed E-state index contributed by atoms with van der Waals surface area (Å²) in [5.74, 6) is 1.01. The maximum absolute atomic E-state index is 5.97. The van der Waals surface area contributed by atoms with Gasteiger partial charge in [0.05, 0.1) is 41.1 Å². The van der Waals surface area contributed by atoms with Crippen molar-refractivity contribution in [2.75, 3.05) is 25.5 Å². The molecule has 0 aromatic carbocycles. The van der Waals surface area contributed by atoms with E-state index in [0.717, 1.165) is 45.7 Å². The lowest BCUT2D eigenvalue weighted by Gasteiger charge is -2.12. The molecule has 0 fully saturated rings. The molecule has 0 saturated heterocycles. The number of nitrogens with zero attached hydrogens (tertiary/aromatic N) is 4. The summed E-state index contributed by atoms with van der Waals surface area (Å²) in [6.45, 7) is 7.06. The van der Waals surface area contributed by atoms with E-state index in [2.05, 4.69) is 39.1 Å². The topological polar surface area (TPSA) is 114 Å². The predicted molar refractivity (Wildman–Crippen MR) is 119 cm³/mol. The molecule has 0 saturated carbocycles. The van der Waals surface area contributed by atoms with Gasteiger partial charge in [0.15, 0.2) is 0 Å². The highest BCUT2D eigenvalue weighted by Crippen LogP contribution is 2.34. The van der Waals surface area contributed by atoms with Gasteiger partial charge in [-0.2, -0.15) is 0 Å². The van der Waals surface area contributed by atoms with Crippen LogP contribution >= 0.6 is 0 Å². The number of anilines is 1. The number of hydrogen-bond acceptors (Lipinski definition) is 5. The van der Waals surface area contributed by atoms with Crippen molar-refractivity contribution < 1.29 is 4.74 Å². The average molecular weight is 393 g/mol. The molecule has 0 amide bonds. The molecular formula is C21H27N7O. The van der Waals surface area contributed by atoms with E-state index in [1.807, 2.05) is 25.1 Å². The number of hydrogen-bond donors (Lipinski definition) is 3. The lowest BCUT2D eigenvalue weighted by atomic mass is 10.1. The zero-order chi connectivity index (χ0) is 20.8. The Hall–Kier alpha value is -3.42. The number of ether oxygens (including phenoxy) is 1. The Balaban J connectivity index is 2.11. The van der Waals surface area contributed by atoms with Crippen LogP contribution in [-0.4, -0.2) is 47.3 Å². The third-order valence-electron chi connectivity index (χ3n) is 4.58. The second-order valence-electron chi connectivity index (χ2n) is 6.50. The molecule has 152 valence electrons. The second-order valence-corrected chi connectivity index (χ2v) is 6.50. The Kier molecular flexibility index (Phi) is 6.43. The fraction of sp³-hybridized carbons (Fsp3) is 0.333. The van der Waals surface area contributed by atoms with Gasteiger partial charge in [-0.05, 0) is 44.0 Å². The first-order chi connectivity index (χ1) is 14.1. The number of aryl methyl sites for hydroxylation is 2. The van der Waals surface area contributed by atoms with Crippen LogP contribution in [0.5, 0.6) is 5.88 Å². The zero-order valence-electron chi connectivity index (χ0n) is 17.3. The van der Waals surface area contributed by atoms with Crippen molar-refractivity contribution in [3.05, 3.63) is 35.7 Å². The lowest BCUT2D eigenvalue weighted by Crippen LogP contribution is -2.23. The molecule has 0 aliphatic carbocycles. The van der Waals surface area contributed by atoms with Gasteiger partial charge in [-0.1, -0.05) is 6.92 Å². The third-order valence-corrected chi connectivity index (χ3v) is 4.58. The minimum atomic E-state index is 0.384. The SMILES string of the molecule is CCOc1ncccc1-c1cc(NCC(N)=NC=NC)c2[nH]c(CC)c(C)c2n1. The quantitative estimate of drug-likeness (QED) is 0.401. The van der Waals surface area contributed by atoms with Crippen LogP contribution in [0, 0.1) is 6.92 Å². The smallest absolute Gasteiger partial charge is 0.222 e. The molecule has 0 atom stereocenters. The van der Waals surface area contributed by atoms with Crippen LogP contribution in [0.15, 0.2) is 34.4 Å². The predicted octanol–water partition coefficient (Wildman–Crippen LogP) is 3.32. The van der Waals surface area contributed by atoms with Crippen molar-refractivity contribution in [3.63, 3.8) is 0 Å². The fourth-order valence-electron chi connectivity index (χ4n) is 3.16. The first-order valence-electron chi connectivity index (χ1n) is 9.66. The number of amidine groups is 1. The van der Waals surface area contributed by atoms with Crippen molar-refractivity contribution >= 4 is 28.9 Å². The van der Waals surface area contributed by atoms with E-state index in [4.69, 9.17) is 15.5 Å². The van der Waals surface area contributed by atoms with Gasteiger partial charge in [0, 0.05) is 18.9 Å². The van der Waals surface area contributed by atoms with E-state index in [9.17, 15) is 0 Å². The summed E-state index contributed by atoms with van der Waals surface area (Å²) in [5.41, 5.74) is 12.6. The second kappa shape index (κ2) is 9.18. The molecule has 3 aromatic heterocycles. The van der Waals surface area contributed by atoms with Crippen LogP contribution in [-0.2, 0) is 6.42 Å². The van der Waals surface area contributed by atoms with E-state index >= 15 is 0 Å². The molecule has 0 spiro atoms. The van der Waals surface area contributed by atoms with Crippen molar-refractivity contribution in [2.24, 2.45) is 15.7 Å². The van der Waals surface area contributed by atoms with Crippen molar-refractivity contribution in [3.8, 4) is 17.1 Å². The third kappa shape index (κ3) is 4.37. The molecule has 8 nitrogen and oxygen atoms in total. The van der Waals surface area contributed by atoms with Gasteiger partial charge in [-0.15, -0.1) is 0 Å². The minimum Gasteiger partial charge on any atom is -0.477 e. The van der Waals surface area contributed by atoms with E-state index < -0.39 is 0 Å². The summed E-state index contributed by atoms with van der Waals surface area (Å²) in [7, 11) is 1.65. The van der Waals surface area contributed by atoms with Crippen LogP contribution in [0.1, 0.15) is 25.1 Å². The molecule has 3 rings (SSSR count). The number of rotatable bonds is 8. The molecule has 0 unspecified atom stereocenters. The van der Waals surface area contributed by atoms with Gasteiger partial charge >= 0.3 is 0 Å². The highest BCUT2D eigenvalue weighted by molar-refractivity contribution is 5.97. The minimum absolute atomic E-state index is 0.384. The maximum atomic E-state index is 5.97. The highest BCUT2D eigenvalue weighted by Gasteiger charge is 2.16. The lowest BCUT2D eigenvalue weighted by molar-refractivity contribution is 0.328. The summed E-state index contributed by atoms with van der Waals surface area (Å²) >= 11 is 0. The molecule has 0 aliphatic rings. The number of nitrogens with one attached hydrogen (secondary N) is 2. The number of pyridine rings is 2. The Morgan fingerprint density at radius 2 is 2.21 bits per heavy atom. The monoisotopic (exact) mass is 393 g/mol. The fourth-order valence-corrected chi connectivity index (χ4v) is 3.16. The summed E-state index contributed by atoms with van der Waals surface area (Å²) in [6, 6.07) is 5.83. The van der Waals surface area contributed by atoms with Gasteiger partial charge in [0.25, 0.3) is 0 Å². The normalized spacial score (nSPS) is 12.1. The standard InChI is InChI=1S/C21H27N7O/c1-5-15-13(3)19-20(27-15)17(25-11-18(22)26-12-23-4)10-16(28-19)14-8-7-9-24-21(14)29-6-2/h7-10,12,27H,5-6,11H2,1-4H3,(H,25,28)(H2,22,23,26). The Morgan fingerprint density at radius 3 is 2.93 bits per heavy atom. The largest absolute Gasteiger partial charge is 0.477 e. The number of nitrogens with two attached hydrogens (primary N) is 1. The zero-order valence-corrected chi connectivity index (χ0v) is 17.3. The Labute approximate surface area is 170 Å². The molecule has 4 N–H and O–H groups in total. The van der Waals surface area contributed by atoms with Crippen LogP contribution in [0.2, 0.25) is 0 Å². The number of aromatic amines is 1. The van der Waals surface area contributed by atoms with Gasteiger partial charge in [-0.25, -0.2) is 15.0 Å². The number of aromatic nitrogens is 3. The number of fused-ring (bicyclic) bond motifs is 1. The first-order valence-corrected chi connectivity index (χ1v) is 9.66. The van der Waals surface area contributed by atoms with E-state index in [1.165, 1.54) is 6.34 Å². The molecule has 0 bridgehead atoms. The van der Waals surface area contributed by atoms with Gasteiger partial charge in [0.2, 0.25) is 5.88 Å². The van der Waals surface area contributed by atoms with Gasteiger partial charge in [-0.3, -0.25) is 4.99 Å². The van der Waals surface area contributed by atoms with Crippen LogP contribution < -0.4 is 15.8 Å². The Morgan fingerprint density at radius 1 is 1.38 bits per heavy atom. The van der Waals surface area contributed by atoms with Crippen molar-refractivity contribution in [1.29, 1.82) is 0 Å². The summed E-state index contributed by atoms with van der Waals surface area (Å²) in [4.78, 5) is 20.7. The van der Waals surface area contributed by atoms with E-state index in [-0.39, 0.29) is 0 Å². The molecular weight excluding hydrogens is 366 g/mol.